The zero-order valence-corrected chi connectivity index (χ0v) is 10.3. The molecule has 0 bridgehead atoms. The van der Waals surface area contributed by atoms with E-state index in [2.05, 4.69) is 0 Å². The van der Waals surface area contributed by atoms with Crippen molar-refractivity contribution in [3.63, 3.8) is 0 Å². The first kappa shape index (κ1) is 12.4. The predicted octanol–water partition coefficient (Wildman–Crippen LogP) is 3.94. The van der Waals surface area contributed by atoms with Crippen LogP contribution in [0, 0.1) is 0 Å². The van der Waals surface area contributed by atoms with Crippen molar-refractivity contribution in [3.05, 3.63) is 70.8 Å². The minimum absolute atomic E-state index is 0.140. The minimum atomic E-state index is -0.191. The van der Waals surface area contributed by atoms with Gasteiger partial charge in [0.2, 0.25) is 0 Å². The van der Waals surface area contributed by atoms with Crippen molar-refractivity contribution >= 4 is 23.5 Å². The lowest BCUT2D eigenvalue weighted by atomic mass is 10.1. The molecule has 0 aliphatic rings. The van der Waals surface area contributed by atoms with E-state index in [4.69, 9.17) is 11.6 Å². The monoisotopic (exact) mass is 258 g/mol. The average Bonchev–Trinajstić information content (AvgIpc) is 2.38. The van der Waals surface area contributed by atoms with E-state index in [1.54, 1.807) is 54.6 Å². The molecule has 0 atom stereocenters. The maximum Gasteiger partial charge on any atom is 0.187 e. The molecule has 3 heteroatoms. The molecular weight excluding hydrogens is 248 g/mol. The zero-order valence-electron chi connectivity index (χ0n) is 9.51. The van der Waals surface area contributed by atoms with Gasteiger partial charge in [-0.05, 0) is 30.4 Å². The van der Waals surface area contributed by atoms with E-state index in [-0.39, 0.29) is 11.5 Å². The van der Waals surface area contributed by atoms with Gasteiger partial charge in [-0.3, -0.25) is 4.79 Å². The molecule has 90 valence electrons. The van der Waals surface area contributed by atoms with Gasteiger partial charge in [-0.1, -0.05) is 41.9 Å². The third-order valence-corrected chi connectivity index (χ3v) is 2.82. The van der Waals surface area contributed by atoms with Gasteiger partial charge in [-0.25, -0.2) is 0 Å². The SMILES string of the molecule is O=C(/C=C\c1ccccc1O)c1ccccc1Cl. The van der Waals surface area contributed by atoms with Gasteiger partial charge in [0.05, 0.1) is 5.02 Å². The van der Waals surface area contributed by atoms with E-state index in [1.807, 2.05) is 0 Å². The number of halogens is 1. The standard InChI is InChI=1S/C15H11ClO2/c16-13-7-3-2-6-12(13)15(18)10-9-11-5-1-4-8-14(11)17/h1-10,17H/b10-9-. The van der Waals surface area contributed by atoms with E-state index in [9.17, 15) is 9.90 Å². The van der Waals surface area contributed by atoms with Crippen LogP contribution in [0.3, 0.4) is 0 Å². The quantitative estimate of drug-likeness (QED) is 0.669. The maximum absolute atomic E-state index is 11.9. The van der Waals surface area contributed by atoms with Crippen molar-refractivity contribution in [2.75, 3.05) is 0 Å². The van der Waals surface area contributed by atoms with E-state index >= 15 is 0 Å². The Kier molecular flexibility index (Phi) is 3.80. The summed E-state index contributed by atoms with van der Waals surface area (Å²) in [6.07, 6.45) is 2.97. The van der Waals surface area contributed by atoms with Crippen molar-refractivity contribution in [1.82, 2.24) is 0 Å². The highest BCUT2D eigenvalue weighted by Gasteiger charge is 2.06. The summed E-state index contributed by atoms with van der Waals surface area (Å²) in [5, 5.41) is 9.98. The fraction of sp³-hybridized carbons (Fsp3) is 0. The van der Waals surface area contributed by atoms with Crippen LogP contribution >= 0.6 is 11.6 Å². The summed E-state index contributed by atoms with van der Waals surface area (Å²) < 4.78 is 0. The van der Waals surface area contributed by atoms with Gasteiger partial charge < -0.3 is 5.11 Å². The van der Waals surface area contributed by atoms with Crippen molar-refractivity contribution in [1.29, 1.82) is 0 Å². The van der Waals surface area contributed by atoms with Crippen LogP contribution in [0.15, 0.2) is 54.6 Å². The summed E-state index contributed by atoms with van der Waals surface area (Å²) in [6.45, 7) is 0. The second-order valence-corrected chi connectivity index (χ2v) is 4.14. The summed E-state index contributed by atoms with van der Waals surface area (Å²) in [4.78, 5) is 11.9. The molecule has 1 N–H and O–H groups in total. The molecule has 2 aromatic rings. The van der Waals surface area contributed by atoms with Crippen molar-refractivity contribution in [2.24, 2.45) is 0 Å². The summed E-state index contributed by atoms with van der Waals surface area (Å²) in [6, 6.07) is 13.7. The Morgan fingerprint density at radius 2 is 1.72 bits per heavy atom. The number of hydrogen-bond donors (Lipinski definition) is 1. The highest BCUT2D eigenvalue weighted by atomic mass is 35.5. The molecule has 0 aliphatic heterocycles. The number of benzene rings is 2. The molecule has 2 aromatic carbocycles. The first-order chi connectivity index (χ1) is 8.68. The Hall–Kier alpha value is -2.06. The minimum Gasteiger partial charge on any atom is -0.507 e. The molecule has 0 radical (unpaired) electrons. The van der Waals surface area contributed by atoms with Gasteiger partial charge in [0.1, 0.15) is 5.75 Å². The number of phenols is 1. The molecule has 0 saturated heterocycles. The first-order valence-electron chi connectivity index (χ1n) is 5.43. The summed E-state index contributed by atoms with van der Waals surface area (Å²) in [7, 11) is 0. The fourth-order valence-corrected chi connectivity index (χ4v) is 1.77. The lowest BCUT2D eigenvalue weighted by Gasteiger charge is -1.99. The van der Waals surface area contributed by atoms with Crippen molar-refractivity contribution in [2.45, 2.75) is 0 Å². The zero-order chi connectivity index (χ0) is 13.0. The number of phenolic OH excluding ortho intramolecular Hbond substituents is 1. The third-order valence-electron chi connectivity index (χ3n) is 2.49. The smallest absolute Gasteiger partial charge is 0.187 e. The Morgan fingerprint density at radius 1 is 1.06 bits per heavy atom. The largest absolute Gasteiger partial charge is 0.507 e. The summed E-state index contributed by atoms with van der Waals surface area (Å²) >= 11 is 5.93. The van der Waals surface area contributed by atoms with Gasteiger partial charge in [0.25, 0.3) is 0 Å². The van der Waals surface area contributed by atoms with Crippen LogP contribution in [0.1, 0.15) is 15.9 Å². The number of hydrogen-bond acceptors (Lipinski definition) is 2. The third kappa shape index (κ3) is 2.79. The van der Waals surface area contributed by atoms with E-state index in [0.29, 0.717) is 16.1 Å². The summed E-state index contributed by atoms with van der Waals surface area (Å²) in [5.41, 5.74) is 1.05. The van der Waals surface area contributed by atoms with Crippen LogP contribution in [0.25, 0.3) is 6.08 Å². The van der Waals surface area contributed by atoms with Crippen LogP contribution < -0.4 is 0 Å². The molecule has 2 rings (SSSR count). The number of para-hydroxylation sites is 1. The number of ketones is 1. The van der Waals surface area contributed by atoms with Crippen LogP contribution in [0.5, 0.6) is 5.75 Å². The predicted molar refractivity (Wildman–Crippen MR) is 72.9 cm³/mol. The number of carbonyl (C=O) groups excluding carboxylic acids is 1. The molecular formula is C15H11ClO2. The Balaban J connectivity index is 2.23. The maximum atomic E-state index is 11.9. The van der Waals surface area contributed by atoms with Crippen molar-refractivity contribution in [3.8, 4) is 5.75 Å². The Bertz CT molecular complexity index is 603. The number of allylic oxidation sites excluding steroid dienone is 1. The Labute approximate surface area is 110 Å². The van der Waals surface area contributed by atoms with Gasteiger partial charge in [-0.2, -0.15) is 0 Å². The Morgan fingerprint density at radius 3 is 2.44 bits per heavy atom. The van der Waals surface area contributed by atoms with E-state index < -0.39 is 0 Å². The van der Waals surface area contributed by atoms with Gasteiger partial charge in [0, 0.05) is 11.1 Å². The number of rotatable bonds is 3. The molecule has 0 amide bonds. The van der Waals surface area contributed by atoms with Crippen LogP contribution in [0.2, 0.25) is 5.02 Å². The second kappa shape index (κ2) is 5.52. The van der Waals surface area contributed by atoms with E-state index in [0.717, 1.165) is 0 Å². The second-order valence-electron chi connectivity index (χ2n) is 3.74. The number of aromatic hydroxyl groups is 1. The van der Waals surface area contributed by atoms with Crippen LogP contribution in [-0.2, 0) is 0 Å². The normalized spacial score (nSPS) is 10.7. The van der Waals surface area contributed by atoms with Crippen LogP contribution in [-0.4, -0.2) is 10.9 Å². The lowest BCUT2D eigenvalue weighted by molar-refractivity contribution is 0.104. The van der Waals surface area contributed by atoms with Crippen LogP contribution in [0.4, 0.5) is 0 Å². The van der Waals surface area contributed by atoms with Gasteiger partial charge >= 0.3 is 0 Å². The number of carbonyl (C=O) groups is 1. The molecule has 2 nitrogen and oxygen atoms in total. The molecule has 18 heavy (non-hydrogen) atoms. The molecule has 0 saturated carbocycles. The summed E-state index contributed by atoms with van der Waals surface area (Å²) in [5.74, 6) is -0.0513. The first-order valence-corrected chi connectivity index (χ1v) is 5.81. The highest BCUT2D eigenvalue weighted by Crippen LogP contribution is 2.19. The highest BCUT2D eigenvalue weighted by molar-refractivity contribution is 6.34. The van der Waals surface area contributed by atoms with Crippen molar-refractivity contribution < 1.29 is 9.90 Å². The average molecular weight is 259 g/mol. The molecule has 0 aliphatic carbocycles. The molecule has 0 spiro atoms. The molecule has 0 fully saturated rings. The van der Waals surface area contributed by atoms with Gasteiger partial charge in [-0.15, -0.1) is 0 Å². The topological polar surface area (TPSA) is 37.3 Å². The van der Waals surface area contributed by atoms with E-state index in [1.165, 1.54) is 6.08 Å². The molecule has 0 heterocycles. The fourth-order valence-electron chi connectivity index (χ4n) is 1.54. The lowest BCUT2D eigenvalue weighted by Crippen LogP contribution is -1.94. The molecule has 0 aromatic heterocycles. The molecule has 0 unspecified atom stereocenters. The van der Waals surface area contributed by atoms with Gasteiger partial charge in [0.15, 0.2) is 5.78 Å².